The van der Waals surface area contributed by atoms with Gasteiger partial charge in [0.15, 0.2) is 6.04 Å². The van der Waals surface area contributed by atoms with Crippen LogP contribution in [-0.2, 0) is 9.59 Å². The molecule has 1 aliphatic rings. The molecule has 23 heavy (non-hydrogen) atoms. The van der Waals surface area contributed by atoms with Gasteiger partial charge in [0.2, 0.25) is 0 Å². The summed E-state index contributed by atoms with van der Waals surface area (Å²) in [6, 6.07) is 5.78. The first-order chi connectivity index (χ1) is 11.0. The van der Waals surface area contributed by atoms with Crippen molar-refractivity contribution in [3.05, 3.63) is 34.7 Å². The van der Waals surface area contributed by atoms with E-state index < -0.39 is 24.5 Å². The van der Waals surface area contributed by atoms with Gasteiger partial charge in [-0.25, -0.2) is 4.79 Å². The maximum absolute atomic E-state index is 12.3. The van der Waals surface area contributed by atoms with Crippen molar-refractivity contribution < 1.29 is 24.5 Å². The van der Waals surface area contributed by atoms with Crippen LogP contribution >= 0.6 is 24.0 Å². The highest BCUT2D eigenvalue weighted by molar-refractivity contribution is 8.26. The average Bonchev–Trinajstić information content (AvgIpc) is 2.78. The minimum Gasteiger partial charge on any atom is -0.494 e. The number of carbonyl (C=O) groups excluding carboxylic acids is 1. The first-order valence-corrected chi connectivity index (χ1v) is 8.04. The topological polar surface area (TPSA) is 87.1 Å². The normalized spacial score (nSPS) is 17.7. The summed E-state index contributed by atoms with van der Waals surface area (Å²) in [5.74, 6) is -1.09. The van der Waals surface area contributed by atoms with E-state index >= 15 is 0 Å². The number of carboxylic acid groups (broad SMARTS) is 1. The molecule has 6 nitrogen and oxygen atoms in total. The zero-order valence-corrected chi connectivity index (χ0v) is 13.9. The van der Waals surface area contributed by atoms with Gasteiger partial charge in [-0.1, -0.05) is 36.1 Å². The molecule has 1 heterocycles. The predicted octanol–water partition coefficient (Wildman–Crippen LogP) is 1.73. The number of benzene rings is 1. The number of carboxylic acids is 1. The molecule has 2 rings (SSSR count). The lowest BCUT2D eigenvalue weighted by Crippen LogP contribution is -2.46. The molecule has 1 aromatic carbocycles. The van der Waals surface area contributed by atoms with Gasteiger partial charge in [0.05, 0.1) is 18.1 Å². The van der Waals surface area contributed by atoms with Crippen LogP contribution in [0.2, 0.25) is 0 Å². The second-order valence-corrected chi connectivity index (χ2v) is 6.27. The molecule has 1 aliphatic heterocycles. The Morgan fingerprint density at radius 2 is 2.09 bits per heavy atom. The smallest absolute Gasteiger partial charge is 0.329 e. The van der Waals surface area contributed by atoms with Crippen LogP contribution in [0.5, 0.6) is 5.75 Å². The van der Waals surface area contributed by atoms with Crippen molar-refractivity contribution in [1.29, 1.82) is 0 Å². The summed E-state index contributed by atoms with van der Waals surface area (Å²) in [5.41, 5.74) is 0.768. The molecule has 0 bridgehead atoms. The summed E-state index contributed by atoms with van der Waals surface area (Å²) in [4.78, 5) is 24.7. The summed E-state index contributed by atoms with van der Waals surface area (Å²) in [5, 5.41) is 18.2. The molecular weight excluding hydrogens is 338 g/mol. The lowest BCUT2D eigenvalue weighted by atomic mass is 10.2. The summed E-state index contributed by atoms with van der Waals surface area (Å²) in [7, 11) is 0. The molecule has 122 valence electrons. The number of thiocarbonyl (C=S) groups is 1. The Balaban J connectivity index is 2.22. The Labute approximate surface area is 142 Å². The van der Waals surface area contributed by atoms with E-state index in [0.29, 0.717) is 11.5 Å². The van der Waals surface area contributed by atoms with Gasteiger partial charge in [-0.15, -0.1) is 0 Å². The lowest BCUT2D eigenvalue weighted by molar-refractivity contribution is -0.146. The van der Waals surface area contributed by atoms with E-state index in [-0.39, 0.29) is 4.32 Å². The van der Waals surface area contributed by atoms with Gasteiger partial charge < -0.3 is 14.9 Å². The Morgan fingerprint density at radius 1 is 1.43 bits per heavy atom. The Morgan fingerprint density at radius 3 is 2.61 bits per heavy atom. The Bertz CT molecular complexity index is 656. The third kappa shape index (κ3) is 3.90. The average molecular weight is 353 g/mol. The van der Waals surface area contributed by atoms with E-state index in [1.54, 1.807) is 30.3 Å². The highest BCUT2D eigenvalue weighted by Crippen LogP contribution is 2.34. The highest BCUT2D eigenvalue weighted by atomic mass is 32.2. The number of rotatable bonds is 6. The van der Waals surface area contributed by atoms with E-state index in [2.05, 4.69) is 0 Å². The van der Waals surface area contributed by atoms with Crippen molar-refractivity contribution in [2.24, 2.45) is 0 Å². The van der Waals surface area contributed by atoms with Crippen LogP contribution in [0.25, 0.3) is 6.08 Å². The van der Waals surface area contributed by atoms with Crippen molar-refractivity contribution >= 4 is 46.3 Å². The fraction of sp³-hybridized carbons (Fsp3) is 0.267. The summed E-state index contributed by atoms with van der Waals surface area (Å²) in [6.07, 6.45) is 1.63. The zero-order valence-electron chi connectivity index (χ0n) is 12.3. The fourth-order valence-electron chi connectivity index (χ4n) is 2.00. The number of hydrogen-bond acceptors (Lipinski definition) is 6. The van der Waals surface area contributed by atoms with Crippen LogP contribution in [0.4, 0.5) is 0 Å². The monoisotopic (exact) mass is 353 g/mol. The summed E-state index contributed by atoms with van der Waals surface area (Å²) >= 11 is 6.08. The number of carbonyl (C=O) groups is 2. The van der Waals surface area contributed by atoms with Crippen molar-refractivity contribution in [2.45, 2.75) is 13.0 Å². The van der Waals surface area contributed by atoms with Gasteiger partial charge >= 0.3 is 5.97 Å². The van der Waals surface area contributed by atoms with Crippen LogP contribution < -0.4 is 4.74 Å². The van der Waals surface area contributed by atoms with Crippen LogP contribution in [0, 0.1) is 0 Å². The van der Waals surface area contributed by atoms with E-state index in [4.69, 9.17) is 22.1 Å². The molecule has 0 aromatic heterocycles. The van der Waals surface area contributed by atoms with E-state index in [1.807, 2.05) is 6.92 Å². The quantitative estimate of drug-likeness (QED) is 0.595. The second-order valence-electron chi connectivity index (χ2n) is 4.59. The molecule has 0 aliphatic carbocycles. The lowest BCUT2D eigenvalue weighted by Gasteiger charge is -2.20. The van der Waals surface area contributed by atoms with E-state index in [0.717, 1.165) is 28.0 Å². The van der Waals surface area contributed by atoms with Crippen LogP contribution in [0.3, 0.4) is 0 Å². The molecule has 2 N–H and O–H groups in total. The molecule has 1 amide bonds. The minimum atomic E-state index is -1.37. The number of aliphatic hydroxyl groups excluding tert-OH is 1. The van der Waals surface area contributed by atoms with E-state index in [9.17, 15) is 14.7 Å². The van der Waals surface area contributed by atoms with E-state index in [1.165, 1.54) is 0 Å². The number of thioether (sulfide) groups is 1. The predicted molar refractivity (Wildman–Crippen MR) is 91.1 cm³/mol. The van der Waals surface area contributed by atoms with Crippen molar-refractivity contribution in [3.63, 3.8) is 0 Å². The largest absolute Gasteiger partial charge is 0.494 e. The maximum Gasteiger partial charge on any atom is 0.329 e. The van der Waals surface area contributed by atoms with Crippen LogP contribution in [0.1, 0.15) is 12.5 Å². The molecule has 1 fully saturated rings. The van der Waals surface area contributed by atoms with Gasteiger partial charge in [0.25, 0.3) is 5.91 Å². The Hall–Kier alpha value is -1.90. The molecule has 8 heteroatoms. The molecule has 0 spiro atoms. The van der Waals surface area contributed by atoms with Gasteiger partial charge in [-0.3, -0.25) is 9.69 Å². The van der Waals surface area contributed by atoms with Gasteiger partial charge in [-0.2, -0.15) is 0 Å². The number of nitrogens with zero attached hydrogens (tertiary/aromatic N) is 1. The van der Waals surface area contributed by atoms with Gasteiger partial charge in [0, 0.05) is 0 Å². The SMILES string of the molecule is CCOc1ccc(/C=C2\SC(=S)N([C@@H](CO)C(=O)O)C2=O)cc1. The number of aliphatic hydroxyl groups is 1. The van der Waals surface area contributed by atoms with Gasteiger partial charge in [-0.05, 0) is 30.7 Å². The number of hydrogen-bond donors (Lipinski definition) is 2. The maximum atomic E-state index is 12.3. The molecule has 0 radical (unpaired) electrons. The fourth-order valence-corrected chi connectivity index (χ4v) is 3.35. The molecule has 1 aromatic rings. The summed E-state index contributed by atoms with van der Waals surface area (Å²) in [6.45, 7) is 1.76. The van der Waals surface area contributed by atoms with Crippen LogP contribution in [-0.4, -0.2) is 50.6 Å². The molecule has 0 unspecified atom stereocenters. The van der Waals surface area contributed by atoms with Gasteiger partial charge in [0.1, 0.15) is 10.1 Å². The number of aliphatic carboxylic acids is 1. The summed E-state index contributed by atoms with van der Waals surface area (Å²) < 4.78 is 5.46. The second kappa shape index (κ2) is 7.58. The van der Waals surface area contributed by atoms with Crippen molar-refractivity contribution in [2.75, 3.05) is 13.2 Å². The first kappa shape index (κ1) is 17.5. The van der Waals surface area contributed by atoms with Crippen LogP contribution in [0.15, 0.2) is 29.2 Å². The van der Waals surface area contributed by atoms with Crippen molar-refractivity contribution in [1.82, 2.24) is 4.90 Å². The minimum absolute atomic E-state index is 0.119. The molecule has 1 atom stereocenters. The zero-order chi connectivity index (χ0) is 17.0. The third-order valence-electron chi connectivity index (χ3n) is 3.08. The third-order valence-corrected chi connectivity index (χ3v) is 4.41. The highest BCUT2D eigenvalue weighted by Gasteiger charge is 2.40. The molecule has 1 saturated heterocycles. The number of amides is 1. The Kier molecular flexibility index (Phi) is 5.75. The van der Waals surface area contributed by atoms with Crippen molar-refractivity contribution in [3.8, 4) is 5.75 Å². The molecular formula is C15H15NO5S2. The number of ether oxygens (including phenoxy) is 1. The first-order valence-electron chi connectivity index (χ1n) is 6.81. The molecule has 0 saturated carbocycles. The standard InChI is InChI=1S/C15H15NO5S2/c1-2-21-10-5-3-9(4-6-10)7-12-13(18)16(15(22)23-12)11(8-17)14(19)20/h3-7,11,17H,2,8H2,1H3,(H,19,20)/b12-7-/t11-/m0/s1.